The number of rotatable bonds is 3. The van der Waals surface area contributed by atoms with Gasteiger partial charge in [0.15, 0.2) is 5.13 Å². The molecular formula is C21H21F3N4O2S. The van der Waals surface area contributed by atoms with Gasteiger partial charge >= 0.3 is 12.2 Å². The molecule has 0 unspecified atom stereocenters. The fourth-order valence-electron chi connectivity index (χ4n) is 3.53. The standard InChI is InChI=1S/C21H21F3N4O2S/c1-13-7-8-16(30-2)17-18(13)31-20(26-17)28-11-9-27(10-12-28)19(29)25-15-6-4-3-5-14(15)21(22,23)24/h3-8H,9-12H2,1-2H3,(H,25,29). The average molecular weight is 450 g/mol. The van der Waals surface area contributed by atoms with E-state index in [4.69, 9.17) is 9.72 Å². The number of fused-ring (bicyclic) bond motifs is 1. The highest BCUT2D eigenvalue weighted by Crippen LogP contribution is 2.37. The molecule has 0 saturated carbocycles. The maximum atomic E-state index is 13.2. The van der Waals surface area contributed by atoms with E-state index in [0.717, 1.165) is 27.0 Å². The fourth-order valence-corrected chi connectivity index (χ4v) is 4.64. The van der Waals surface area contributed by atoms with Gasteiger partial charge in [0.25, 0.3) is 0 Å². The number of carbonyl (C=O) groups is 1. The molecule has 6 nitrogen and oxygen atoms in total. The maximum absolute atomic E-state index is 13.2. The molecule has 0 aliphatic carbocycles. The number of hydrogen-bond donors (Lipinski definition) is 1. The monoisotopic (exact) mass is 450 g/mol. The summed E-state index contributed by atoms with van der Waals surface area (Å²) in [5, 5.41) is 3.24. The maximum Gasteiger partial charge on any atom is 0.418 e. The normalized spacial score (nSPS) is 14.7. The predicted molar refractivity (Wildman–Crippen MR) is 115 cm³/mol. The largest absolute Gasteiger partial charge is 0.494 e. The Bertz CT molecular complexity index is 1110. The molecule has 1 fully saturated rings. The van der Waals surface area contributed by atoms with Crippen LogP contribution < -0.4 is 15.0 Å². The van der Waals surface area contributed by atoms with Gasteiger partial charge in [-0.15, -0.1) is 0 Å². The van der Waals surface area contributed by atoms with E-state index in [-0.39, 0.29) is 5.69 Å². The van der Waals surface area contributed by atoms with Crippen molar-refractivity contribution in [3.63, 3.8) is 0 Å². The number of nitrogens with one attached hydrogen (secondary N) is 1. The zero-order chi connectivity index (χ0) is 22.2. The molecular weight excluding hydrogens is 429 g/mol. The van der Waals surface area contributed by atoms with E-state index in [0.29, 0.717) is 31.9 Å². The number of benzene rings is 2. The van der Waals surface area contributed by atoms with Crippen LogP contribution in [-0.2, 0) is 6.18 Å². The lowest BCUT2D eigenvalue weighted by Gasteiger charge is -2.34. The molecule has 0 radical (unpaired) electrons. The van der Waals surface area contributed by atoms with E-state index in [9.17, 15) is 18.0 Å². The minimum atomic E-state index is -4.53. The van der Waals surface area contributed by atoms with Crippen LogP contribution in [0.4, 0.5) is 28.8 Å². The SMILES string of the molecule is COc1ccc(C)c2sc(N3CCN(C(=O)Nc4ccccc4C(F)(F)F)CC3)nc12. The summed E-state index contributed by atoms with van der Waals surface area (Å²) in [6.45, 7) is 3.86. The molecule has 2 aromatic carbocycles. The number of methoxy groups -OCH3 is 1. The average Bonchev–Trinajstić information content (AvgIpc) is 3.20. The topological polar surface area (TPSA) is 57.7 Å². The number of carbonyl (C=O) groups excluding carboxylic acids is 1. The molecule has 10 heteroatoms. The first-order valence-electron chi connectivity index (χ1n) is 9.69. The third-order valence-corrected chi connectivity index (χ3v) is 6.48. The van der Waals surface area contributed by atoms with Crippen LogP contribution >= 0.6 is 11.3 Å². The predicted octanol–water partition coefficient (Wildman–Crippen LogP) is 4.99. The second-order valence-electron chi connectivity index (χ2n) is 7.21. The number of piperazine rings is 1. The molecule has 0 bridgehead atoms. The van der Waals surface area contributed by atoms with Crippen molar-refractivity contribution in [2.45, 2.75) is 13.1 Å². The van der Waals surface area contributed by atoms with Crippen LogP contribution in [0.15, 0.2) is 36.4 Å². The highest BCUT2D eigenvalue weighted by molar-refractivity contribution is 7.22. The lowest BCUT2D eigenvalue weighted by molar-refractivity contribution is -0.136. The van der Waals surface area contributed by atoms with E-state index >= 15 is 0 Å². The molecule has 1 N–H and O–H groups in total. The van der Waals surface area contributed by atoms with Gasteiger partial charge in [0.2, 0.25) is 0 Å². The number of ether oxygens (including phenoxy) is 1. The van der Waals surface area contributed by atoms with Gasteiger partial charge in [-0.25, -0.2) is 9.78 Å². The van der Waals surface area contributed by atoms with Crippen molar-refractivity contribution in [2.75, 3.05) is 43.5 Å². The van der Waals surface area contributed by atoms with Crippen molar-refractivity contribution in [1.82, 2.24) is 9.88 Å². The van der Waals surface area contributed by atoms with Gasteiger partial charge in [-0.1, -0.05) is 29.5 Å². The number of nitrogens with zero attached hydrogens (tertiary/aromatic N) is 3. The number of aryl methyl sites for hydroxylation is 1. The van der Waals surface area contributed by atoms with E-state index in [2.05, 4.69) is 10.2 Å². The fraction of sp³-hybridized carbons (Fsp3) is 0.333. The van der Waals surface area contributed by atoms with Crippen molar-refractivity contribution in [3.05, 3.63) is 47.5 Å². The molecule has 4 rings (SSSR count). The zero-order valence-corrected chi connectivity index (χ0v) is 17.8. The Morgan fingerprint density at radius 2 is 1.84 bits per heavy atom. The number of hydrogen-bond acceptors (Lipinski definition) is 5. The zero-order valence-electron chi connectivity index (χ0n) is 17.0. The molecule has 1 aromatic heterocycles. The second-order valence-corrected chi connectivity index (χ2v) is 8.18. The van der Waals surface area contributed by atoms with Gasteiger partial charge in [-0.3, -0.25) is 0 Å². The Hall–Kier alpha value is -3.01. The summed E-state index contributed by atoms with van der Waals surface area (Å²) in [4.78, 5) is 20.9. The quantitative estimate of drug-likeness (QED) is 0.611. The molecule has 2 amide bonds. The van der Waals surface area contributed by atoms with E-state index in [1.165, 1.54) is 23.1 Å². The van der Waals surface area contributed by atoms with E-state index in [1.54, 1.807) is 18.4 Å². The number of urea groups is 1. The Morgan fingerprint density at radius 1 is 1.13 bits per heavy atom. The highest BCUT2D eigenvalue weighted by atomic mass is 32.1. The van der Waals surface area contributed by atoms with Crippen molar-refractivity contribution >= 4 is 38.4 Å². The van der Waals surface area contributed by atoms with Crippen LogP contribution in [0.5, 0.6) is 5.75 Å². The second kappa shape index (κ2) is 8.26. The third-order valence-electron chi connectivity index (χ3n) is 5.22. The number of aromatic nitrogens is 1. The summed E-state index contributed by atoms with van der Waals surface area (Å²) in [7, 11) is 1.61. The van der Waals surface area contributed by atoms with Crippen LogP contribution in [0.25, 0.3) is 10.2 Å². The van der Waals surface area contributed by atoms with Gasteiger partial charge in [0.05, 0.1) is 23.1 Å². The van der Waals surface area contributed by atoms with E-state index in [1.807, 2.05) is 19.1 Å². The van der Waals surface area contributed by atoms with Gasteiger partial charge in [-0.2, -0.15) is 13.2 Å². The van der Waals surface area contributed by atoms with Crippen molar-refractivity contribution in [1.29, 1.82) is 0 Å². The summed E-state index contributed by atoms with van der Waals surface area (Å²) in [5.74, 6) is 0.712. The number of anilines is 2. The summed E-state index contributed by atoms with van der Waals surface area (Å²) >= 11 is 1.57. The Morgan fingerprint density at radius 3 is 2.52 bits per heavy atom. The molecule has 3 aromatic rings. The number of alkyl halides is 3. The van der Waals surface area contributed by atoms with Crippen LogP contribution in [0.1, 0.15) is 11.1 Å². The van der Waals surface area contributed by atoms with Crippen LogP contribution in [-0.4, -0.2) is 49.2 Å². The number of thiazole rings is 1. The summed E-state index contributed by atoms with van der Waals surface area (Å²) in [6.07, 6.45) is -4.53. The minimum Gasteiger partial charge on any atom is -0.494 e. The van der Waals surface area contributed by atoms with Crippen molar-refractivity contribution < 1.29 is 22.7 Å². The molecule has 1 aliphatic heterocycles. The highest BCUT2D eigenvalue weighted by Gasteiger charge is 2.34. The Balaban J connectivity index is 1.44. The van der Waals surface area contributed by atoms with Gasteiger partial charge < -0.3 is 19.9 Å². The van der Waals surface area contributed by atoms with Gasteiger partial charge in [0, 0.05) is 26.2 Å². The molecule has 0 atom stereocenters. The first-order valence-corrected chi connectivity index (χ1v) is 10.5. The lowest BCUT2D eigenvalue weighted by atomic mass is 10.1. The van der Waals surface area contributed by atoms with E-state index < -0.39 is 17.8 Å². The molecule has 164 valence electrons. The number of amides is 2. The van der Waals surface area contributed by atoms with Gasteiger partial charge in [-0.05, 0) is 30.7 Å². The summed E-state index contributed by atoms with van der Waals surface area (Å²) < 4.78 is 46.0. The summed E-state index contributed by atoms with van der Waals surface area (Å²) in [5.41, 5.74) is 0.823. The van der Waals surface area contributed by atoms with Gasteiger partial charge in [0.1, 0.15) is 11.3 Å². The van der Waals surface area contributed by atoms with Crippen LogP contribution in [0.2, 0.25) is 0 Å². The Labute approximate surface area is 181 Å². The van der Waals surface area contributed by atoms with Crippen molar-refractivity contribution in [3.8, 4) is 5.75 Å². The van der Waals surface area contributed by atoms with Crippen LogP contribution in [0.3, 0.4) is 0 Å². The first-order chi connectivity index (χ1) is 14.8. The Kier molecular flexibility index (Phi) is 5.65. The molecule has 2 heterocycles. The first kappa shape index (κ1) is 21.2. The van der Waals surface area contributed by atoms with Crippen molar-refractivity contribution in [2.24, 2.45) is 0 Å². The third kappa shape index (κ3) is 4.25. The smallest absolute Gasteiger partial charge is 0.418 e. The molecule has 0 spiro atoms. The summed E-state index contributed by atoms with van der Waals surface area (Å²) in [6, 6.07) is 8.31. The molecule has 1 saturated heterocycles. The minimum absolute atomic E-state index is 0.240. The molecule has 1 aliphatic rings. The molecule has 31 heavy (non-hydrogen) atoms. The number of para-hydroxylation sites is 1. The van der Waals surface area contributed by atoms with Crippen LogP contribution in [0, 0.1) is 6.92 Å². The lowest BCUT2D eigenvalue weighted by Crippen LogP contribution is -2.50. The number of halogens is 3.